The number of anilines is 2. The number of amides is 2. The molecule has 1 N–H and O–H groups in total. The average Bonchev–Trinajstić information content (AvgIpc) is 3.21. The van der Waals surface area contributed by atoms with E-state index in [4.69, 9.17) is 14.2 Å². The maximum Gasteiger partial charge on any atom is 0.409 e. The lowest BCUT2D eigenvalue weighted by atomic mass is 10.2. The Labute approximate surface area is 167 Å². The van der Waals surface area contributed by atoms with E-state index < -0.39 is 0 Å². The molecule has 0 aliphatic carbocycles. The minimum absolute atomic E-state index is 0.203. The molecule has 10 nitrogen and oxygen atoms in total. The van der Waals surface area contributed by atoms with Crippen molar-refractivity contribution in [2.45, 2.75) is 6.92 Å². The number of rotatable bonds is 4. The predicted octanol–water partition coefficient (Wildman–Crippen LogP) is 1.86. The van der Waals surface area contributed by atoms with Crippen LogP contribution in [-0.4, -0.2) is 71.3 Å². The second-order valence-electron chi connectivity index (χ2n) is 6.46. The summed E-state index contributed by atoms with van der Waals surface area (Å²) >= 11 is 0. The number of hydrogen-bond donors (Lipinski definition) is 1. The molecule has 1 fully saturated rings. The Morgan fingerprint density at radius 3 is 2.62 bits per heavy atom. The van der Waals surface area contributed by atoms with Crippen molar-refractivity contribution in [3.05, 3.63) is 36.3 Å². The Morgan fingerprint density at radius 1 is 1.07 bits per heavy atom. The van der Waals surface area contributed by atoms with Gasteiger partial charge in [0, 0.05) is 44.0 Å². The maximum absolute atomic E-state index is 12.8. The third kappa shape index (κ3) is 4.15. The van der Waals surface area contributed by atoms with Crippen LogP contribution < -0.4 is 14.8 Å². The number of carbonyl (C=O) groups excluding carboxylic acids is 2. The number of hydrogen-bond acceptors (Lipinski definition) is 8. The Kier molecular flexibility index (Phi) is 5.32. The third-order valence-electron chi connectivity index (χ3n) is 4.62. The lowest BCUT2D eigenvalue weighted by Crippen LogP contribution is -2.50. The van der Waals surface area contributed by atoms with Gasteiger partial charge in [-0.3, -0.25) is 4.79 Å². The summed E-state index contributed by atoms with van der Waals surface area (Å²) in [4.78, 5) is 36.1. The first-order chi connectivity index (χ1) is 14.1. The number of fused-ring (bicyclic) bond motifs is 1. The largest absolute Gasteiger partial charge is 0.454 e. The van der Waals surface area contributed by atoms with Crippen molar-refractivity contribution >= 4 is 23.5 Å². The van der Waals surface area contributed by atoms with Gasteiger partial charge >= 0.3 is 6.09 Å². The van der Waals surface area contributed by atoms with Gasteiger partial charge in [0.25, 0.3) is 5.91 Å². The SMILES string of the molecule is CCOC(=O)N1CCN(C(=O)c2cc(Nc3ccc4c(c3)OCO4)ncn2)CC1. The summed E-state index contributed by atoms with van der Waals surface area (Å²) in [7, 11) is 0. The summed E-state index contributed by atoms with van der Waals surface area (Å²) in [6.07, 6.45) is 0.995. The van der Waals surface area contributed by atoms with Crippen molar-refractivity contribution in [3.8, 4) is 11.5 Å². The third-order valence-corrected chi connectivity index (χ3v) is 4.62. The summed E-state index contributed by atoms with van der Waals surface area (Å²) in [6.45, 7) is 4.00. The summed E-state index contributed by atoms with van der Waals surface area (Å²) in [5.41, 5.74) is 1.04. The predicted molar refractivity (Wildman–Crippen MR) is 102 cm³/mol. The first-order valence-electron chi connectivity index (χ1n) is 9.33. The molecule has 2 aliphatic heterocycles. The van der Waals surface area contributed by atoms with Crippen LogP contribution in [0, 0.1) is 0 Å². The molecule has 29 heavy (non-hydrogen) atoms. The molecule has 2 aliphatic rings. The number of nitrogens with one attached hydrogen (secondary N) is 1. The molecule has 3 heterocycles. The van der Waals surface area contributed by atoms with E-state index in [1.54, 1.807) is 34.9 Å². The van der Waals surface area contributed by atoms with E-state index in [1.807, 2.05) is 6.07 Å². The second kappa shape index (κ2) is 8.21. The van der Waals surface area contributed by atoms with Crippen LogP contribution in [0.5, 0.6) is 11.5 Å². The van der Waals surface area contributed by atoms with E-state index in [-0.39, 0.29) is 24.5 Å². The van der Waals surface area contributed by atoms with Gasteiger partial charge in [0.2, 0.25) is 6.79 Å². The summed E-state index contributed by atoms with van der Waals surface area (Å²) in [5.74, 6) is 1.63. The standard InChI is InChI=1S/C19H21N5O5/c1-2-27-19(26)24-7-5-23(6-8-24)18(25)14-10-17(21-11-20-14)22-13-3-4-15-16(9-13)29-12-28-15/h3-4,9-11H,2,5-8,12H2,1H3,(H,20,21,22). The Morgan fingerprint density at radius 2 is 1.83 bits per heavy atom. The zero-order valence-corrected chi connectivity index (χ0v) is 16.0. The highest BCUT2D eigenvalue weighted by atomic mass is 16.7. The monoisotopic (exact) mass is 399 g/mol. The van der Waals surface area contributed by atoms with Gasteiger partial charge < -0.3 is 29.3 Å². The fraction of sp³-hybridized carbons (Fsp3) is 0.368. The highest BCUT2D eigenvalue weighted by molar-refractivity contribution is 5.93. The van der Waals surface area contributed by atoms with Crippen LogP contribution in [0.1, 0.15) is 17.4 Å². The van der Waals surface area contributed by atoms with Gasteiger partial charge in [-0.05, 0) is 19.1 Å². The highest BCUT2D eigenvalue weighted by Gasteiger charge is 2.26. The van der Waals surface area contributed by atoms with Gasteiger partial charge in [-0.15, -0.1) is 0 Å². The fourth-order valence-corrected chi connectivity index (χ4v) is 3.13. The van der Waals surface area contributed by atoms with Crippen molar-refractivity contribution < 1.29 is 23.8 Å². The van der Waals surface area contributed by atoms with Crippen LogP contribution >= 0.6 is 0 Å². The average molecular weight is 399 g/mol. The summed E-state index contributed by atoms with van der Waals surface area (Å²) in [5, 5.41) is 3.14. The number of piperazine rings is 1. The topological polar surface area (TPSA) is 106 Å². The molecule has 1 saturated heterocycles. The number of benzene rings is 1. The van der Waals surface area contributed by atoms with Crippen LogP contribution in [0.15, 0.2) is 30.6 Å². The van der Waals surface area contributed by atoms with Gasteiger partial charge in [-0.25, -0.2) is 14.8 Å². The molecule has 2 amide bonds. The minimum atomic E-state index is -0.350. The molecule has 1 aromatic carbocycles. The first-order valence-corrected chi connectivity index (χ1v) is 9.33. The zero-order chi connectivity index (χ0) is 20.2. The molecule has 0 atom stereocenters. The van der Waals surface area contributed by atoms with Crippen LogP contribution in [0.25, 0.3) is 0 Å². The van der Waals surface area contributed by atoms with Gasteiger partial charge in [0.15, 0.2) is 11.5 Å². The van der Waals surface area contributed by atoms with Crippen molar-refractivity contribution in [1.82, 2.24) is 19.8 Å². The fourth-order valence-electron chi connectivity index (χ4n) is 3.13. The van der Waals surface area contributed by atoms with E-state index in [0.29, 0.717) is 50.1 Å². The second-order valence-corrected chi connectivity index (χ2v) is 6.46. The molecule has 0 radical (unpaired) electrons. The number of aromatic nitrogens is 2. The molecular formula is C19H21N5O5. The molecule has 4 rings (SSSR count). The van der Waals surface area contributed by atoms with Crippen LogP contribution in [0.3, 0.4) is 0 Å². The lowest BCUT2D eigenvalue weighted by Gasteiger charge is -2.33. The molecular weight excluding hydrogens is 378 g/mol. The minimum Gasteiger partial charge on any atom is -0.454 e. The van der Waals surface area contributed by atoms with Crippen LogP contribution in [0.2, 0.25) is 0 Å². The molecule has 152 valence electrons. The van der Waals surface area contributed by atoms with E-state index in [9.17, 15) is 9.59 Å². The van der Waals surface area contributed by atoms with E-state index >= 15 is 0 Å². The van der Waals surface area contributed by atoms with Crippen LogP contribution in [-0.2, 0) is 4.74 Å². The summed E-state index contributed by atoms with van der Waals surface area (Å²) < 4.78 is 15.7. The quantitative estimate of drug-likeness (QED) is 0.830. The lowest BCUT2D eigenvalue weighted by molar-refractivity contribution is 0.0566. The molecule has 10 heteroatoms. The molecule has 0 bridgehead atoms. The molecule has 1 aromatic heterocycles. The number of carbonyl (C=O) groups is 2. The smallest absolute Gasteiger partial charge is 0.409 e. The van der Waals surface area contributed by atoms with E-state index in [2.05, 4.69) is 15.3 Å². The Bertz CT molecular complexity index is 914. The van der Waals surface area contributed by atoms with Crippen molar-refractivity contribution in [2.24, 2.45) is 0 Å². The van der Waals surface area contributed by atoms with Crippen molar-refractivity contribution in [2.75, 3.05) is 44.9 Å². The Hall–Kier alpha value is -3.56. The molecule has 0 spiro atoms. The van der Waals surface area contributed by atoms with Crippen molar-refractivity contribution in [1.29, 1.82) is 0 Å². The van der Waals surface area contributed by atoms with Crippen LogP contribution in [0.4, 0.5) is 16.3 Å². The molecule has 0 unspecified atom stereocenters. The number of nitrogens with zero attached hydrogens (tertiary/aromatic N) is 4. The van der Waals surface area contributed by atoms with Gasteiger partial charge in [-0.2, -0.15) is 0 Å². The van der Waals surface area contributed by atoms with Crippen molar-refractivity contribution in [3.63, 3.8) is 0 Å². The normalized spacial score (nSPS) is 15.2. The summed E-state index contributed by atoms with van der Waals surface area (Å²) in [6, 6.07) is 7.05. The maximum atomic E-state index is 12.8. The van der Waals surface area contributed by atoms with Gasteiger partial charge in [0.1, 0.15) is 17.8 Å². The van der Waals surface area contributed by atoms with E-state index in [0.717, 1.165) is 5.69 Å². The number of ether oxygens (including phenoxy) is 3. The molecule has 0 saturated carbocycles. The molecule has 2 aromatic rings. The van der Waals surface area contributed by atoms with E-state index in [1.165, 1.54) is 6.33 Å². The van der Waals surface area contributed by atoms with Gasteiger partial charge in [0.05, 0.1) is 6.61 Å². The Balaban J connectivity index is 1.39. The van der Waals surface area contributed by atoms with Gasteiger partial charge in [-0.1, -0.05) is 0 Å². The first kappa shape index (κ1) is 18.8. The highest BCUT2D eigenvalue weighted by Crippen LogP contribution is 2.34. The zero-order valence-electron chi connectivity index (χ0n) is 16.0.